The number of esters is 1. The maximum absolute atomic E-state index is 12.0. The summed E-state index contributed by atoms with van der Waals surface area (Å²) in [5, 5.41) is 2.81. The highest BCUT2D eigenvalue weighted by molar-refractivity contribution is 7.13. The molecule has 5 nitrogen and oxygen atoms in total. The maximum Gasteiger partial charge on any atom is 0.331 e. The minimum Gasteiger partial charge on any atom is -0.493 e. The average Bonchev–Trinajstić information content (AvgIpc) is 3.21. The van der Waals surface area contributed by atoms with Gasteiger partial charge in [0.15, 0.2) is 11.5 Å². The number of aromatic nitrogens is 1. The normalized spacial score (nSPS) is 10.8. The Morgan fingerprint density at radius 1 is 1.14 bits per heavy atom. The van der Waals surface area contributed by atoms with Crippen LogP contribution in [0.4, 0.5) is 0 Å². The molecule has 0 saturated carbocycles. The molecule has 0 spiro atoms. The van der Waals surface area contributed by atoms with Crippen LogP contribution in [0.3, 0.4) is 0 Å². The zero-order valence-corrected chi connectivity index (χ0v) is 16.6. The van der Waals surface area contributed by atoms with Gasteiger partial charge in [0, 0.05) is 17.0 Å². The molecular weight excluding hydrogens is 374 g/mol. The summed E-state index contributed by atoms with van der Waals surface area (Å²) in [4.78, 5) is 16.5. The van der Waals surface area contributed by atoms with Crippen molar-refractivity contribution in [3.8, 4) is 22.1 Å². The summed E-state index contributed by atoms with van der Waals surface area (Å²) in [5.74, 6) is 0.859. The van der Waals surface area contributed by atoms with Crippen LogP contribution in [0.1, 0.15) is 18.2 Å². The number of benzene rings is 2. The summed E-state index contributed by atoms with van der Waals surface area (Å²) in [5.41, 5.74) is 2.60. The Morgan fingerprint density at radius 2 is 1.96 bits per heavy atom. The Labute approximate surface area is 168 Å². The third-order valence-corrected chi connectivity index (χ3v) is 4.77. The number of thiazole rings is 1. The SMILES string of the molecule is CCOc1ccc(/C=C/C(=O)OCc2csc(-c3ccccc3)n2)cc1OC. The van der Waals surface area contributed by atoms with Gasteiger partial charge in [-0.15, -0.1) is 11.3 Å². The highest BCUT2D eigenvalue weighted by Gasteiger charge is 2.07. The summed E-state index contributed by atoms with van der Waals surface area (Å²) >= 11 is 1.53. The molecule has 28 heavy (non-hydrogen) atoms. The number of ether oxygens (including phenoxy) is 3. The van der Waals surface area contributed by atoms with Crippen molar-refractivity contribution in [2.75, 3.05) is 13.7 Å². The first-order chi connectivity index (χ1) is 13.7. The van der Waals surface area contributed by atoms with Gasteiger partial charge >= 0.3 is 5.97 Å². The Bertz CT molecular complexity index is 950. The van der Waals surface area contributed by atoms with Crippen LogP contribution in [0.2, 0.25) is 0 Å². The topological polar surface area (TPSA) is 57.7 Å². The molecule has 6 heteroatoms. The fourth-order valence-corrected chi connectivity index (χ4v) is 3.32. The van der Waals surface area contributed by atoms with E-state index in [0.29, 0.717) is 18.1 Å². The van der Waals surface area contributed by atoms with Crippen molar-refractivity contribution >= 4 is 23.4 Å². The molecule has 3 aromatic rings. The fourth-order valence-electron chi connectivity index (χ4n) is 2.51. The molecule has 0 N–H and O–H groups in total. The lowest BCUT2D eigenvalue weighted by atomic mass is 10.2. The molecule has 0 atom stereocenters. The first kappa shape index (κ1) is 19.6. The van der Waals surface area contributed by atoms with Crippen molar-refractivity contribution in [3.05, 3.63) is 71.2 Å². The second-order valence-corrected chi connectivity index (χ2v) is 6.65. The number of hydrogen-bond acceptors (Lipinski definition) is 6. The van der Waals surface area contributed by atoms with Crippen molar-refractivity contribution in [1.29, 1.82) is 0 Å². The van der Waals surface area contributed by atoms with Crippen molar-refractivity contribution < 1.29 is 19.0 Å². The monoisotopic (exact) mass is 395 g/mol. The zero-order chi connectivity index (χ0) is 19.8. The lowest BCUT2D eigenvalue weighted by Gasteiger charge is -2.09. The number of methoxy groups -OCH3 is 1. The second-order valence-electron chi connectivity index (χ2n) is 5.79. The summed E-state index contributed by atoms with van der Waals surface area (Å²) in [6.07, 6.45) is 3.07. The number of rotatable bonds is 8. The van der Waals surface area contributed by atoms with Gasteiger partial charge < -0.3 is 14.2 Å². The Hall–Kier alpha value is -3.12. The van der Waals surface area contributed by atoms with Crippen LogP contribution in [-0.4, -0.2) is 24.7 Å². The molecule has 0 aliphatic heterocycles. The summed E-state index contributed by atoms with van der Waals surface area (Å²) in [7, 11) is 1.58. The molecule has 1 heterocycles. The standard InChI is InChI=1S/C22H21NO4S/c1-3-26-19-11-9-16(13-20(19)25-2)10-12-21(24)27-14-18-15-28-22(23-18)17-7-5-4-6-8-17/h4-13,15H,3,14H2,1-2H3/b12-10+. The molecule has 0 amide bonds. The fraction of sp³-hybridized carbons (Fsp3) is 0.182. The summed E-state index contributed by atoms with van der Waals surface area (Å²) in [6, 6.07) is 15.4. The predicted molar refractivity (Wildman–Crippen MR) is 111 cm³/mol. The first-order valence-electron chi connectivity index (χ1n) is 8.85. The molecule has 2 aromatic carbocycles. The van der Waals surface area contributed by atoms with E-state index in [0.717, 1.165) is 21.8 Å². The second kappa shape index (κ2) is 9.71. The highest BCUT2D eigenvalue weighted by Crippen LogP contribution is 2.28. The van der Waals surface area contributed by atoms with E-state index in [9.17, 15) is 4.79 Å². The third-order valence-electron chi connectivity index (χ3n) is 3.83. The van der Waals surface area contributed by atoms with Gasteiger partial charge in [0.25, 0.3) is 0 Å². The lowest BCUT2D eigenvalue weighted by molar-refractivity contribution is -0.139. The molecule has 0 fully saturated rings. The van der Waals surface area contributed by atoms with E-state index in [4.69, 9.17) is 14.2 Å². The van der Waals surface area contributed by atoms with E-state index in [1.54, 1.807) is 19.3 Å². The molecule has 144 valence electrons. The molecule has 0 aliphatic carbocycles. The third kappa shape index (κ3) is 5.20. The number of carbonyl (C=O) groups is 1. The minimum atomic E-state index is -0.429. The largest absolute Gasteiger partial charge is 0.493 e. The molecule has 3 rings (SSSR count). The van der Waals surface area contributed by atoms with E-state index in [1.807, 2.05) is 54.8 Å². The van der Waals surface area contributed by atoms with Crippen LogP contribution in [-0.2, 0) is 16.1 Å². The van der Waals surface area contributed by atoms with E-state index >= 15 is 0 Å². The highest BCUT2D eigenvalue weighted by atomic mass is 32.1. The number of hydrogen-bond donors (Lipinski definition) is 0. The van der Waals surface area contributed by atoms with E-state index in [-0.39, 0.29) is 6.61 Å². The van der Waals surface area contributed by atoms with Gasteiger partial charge in [0.05, 0.1) is 19.4 Å². The van der Waals surface area contributed by atoms with Gasteiger partial charge in [-0.3, -0.25) is 0 Å². The smallest absolute Gasteiger partial charge is 0.331 e. The van der Waals surface area contributed by atoms with Crippen LogP contribution in [0.25, 0.3) is 16.6 Å². The van der Waals surface area contributed by atoms with Crippen LogP contribution < -0.4 is 9.47 Å². The van der Waals surface area contributed by atoms with Gasteiger partial charge in [-0.05, 0) is 30.7 Å². The van der Waals surface area contributed by atoms with Crippen molar-refractivity contribution in [2.24, 2.45) is 0 Å². The van der Waals surface area contributed by atoms with Crippen molar-refractivity contribution in [2.45, 2.75) is 13.5 Å². The van der Waals surface area contributed by atoms with Gasteiger partial charge in [-0.2, -0.15) is 0 Å². The van der Waals surface area contributed by atoms with Gasteiger partial charge in [0.1, 0.15) is 11.6 Å². The predicted octanol–water partition coefficient (Wildman–Crippen LogP) is 4.97. The van der Waals surface area contributed by atoms with Crippen molar-refractivity contribution in [3.63, 3.8) is 0 Å². The van der Waals surface area contributed by atoms with Gasteiger partial charge in [-0.25, -0.2) is 9.78 Å². The van der Waals surface area contributed by atoms with E-state index in [1.165, 1.54) is 17.4 Å². The molecule has 0 unspecified atom stereocenters. The van der Waals surface area contributed by atoms with Crippen LogP contribution >= 0.6 is 11.3 Å². The molecule has 0 bridgehead atoms. The van der Waals surface area contributed by atoms with Crippen molar-refractivity contribution in [1.82, 2.24) is 4.98 Å². The Kier molecular flexibility index (Phi) is 6.81. The zero-order valence-electron chi connectivity index (χ0n) is 15.8. The summed E-state index contributed by atoms with van der Waals surface area (Å²) in [6.45, 7) is 2.61. The quantitative estimate of drug-likeness (QED) is 0.398. The average molecular weight is 395 g/mol. The van der Waals surface area contributed by atoms with Crippen LogP contribution in [0, 0.1) is 0 Å². The van der Waals surface area contributed by atoms with Gasteiger partial charge in [-0.1, -0.05) is 36.4 Å². The summed E-state index contributed by atoms with van der Waals surface area (Å²) < 4.78 is 16.1. The number of nitrogens with zero attached hydrogens (tertiary/aromatic N) is 1. The van der Waals surface area contributed by atoms with E-state index in [2.05, 4.69) is 4.98 Å². The van der Waals surface area contributed by atoms with E-state index < -0.39 is 5.97 Å². The first-order valence-corrected chi connectivity index (χ1v) is 9.73. The van der Waals surface area contributed by atoms with Crippen LogP contribution in [0.15, 0.2) is 60.0 Å². The van der Waals surface area contributed by atoms with Gasteiger partial charge in [0.2, 0.25) is 0 Å². The molecular formula is C22H21NO4S. The Balaban J connectivity index is 1.56. The van der Waals surface area contributed by atoms with Crippen LogP contribution in [0.5, 0.6) is 11.5 Å². The Morgan fingerprint density at radius 3 is 2.71 bits per heavy atom. The molecule has 0 saturated heterocycles. The number of carbonyl (C=O) groups excluding carboxylic acids is 1. The minimum absolute atomic E-state index is 0.138. The molecule has 0 aliphatic rings. The lowest BCUT2D eigenvalue weighted by Crippen LogP contribution is -2.01. The maximum atomic E-state index is 12.0. The molecule has 1 aromatic heterocycles. The molecule has 0 radical (unpaired) electrons.